The van der Waals surface area contributed by atoms with Crippen LogP contribution in [-0.4, -0.2) is 64.2 Å². The molecule has 0 aliphatic rings. The summed E-state index contributed by atoms with van der Waals surface area (Å²) in [6.07, 6.45) is -2.34. The van der Waals surface area contributed by atoms with Crippen molar-refractivity contribution in [3.8, 4) is 0 Å². The zero-order chi connectivity index (χ0) is 20.4. The van der Waals surface area contributed by atoms with E-state index in [1.165, 1.54) is 0 Å². The molecule has 0 aromatic rings. The number of esters is 4. The van der Waals surface area contributed by atoms with E-state index in [2.05, 4.69) is 9.47 Å². The van der Waals surface area contributed by atoms with E-state index in [-0.39, 0.29) is 6.42 Å². The Morgan fingerprint density at radius 2 is 1.12 bits per heavy atom. The largest absolute Gasteiger partial charge is 0.480 e. The second kappa shape index (κ2) is 10.9. The molecule has 0 heterocycles. The predicted molar refractivity (Wildman–Crippen MR) is 79.9 cm³/mol. The van der Waals surface area contributed by atoms with Crippen molar-refractivity contribution in [1.82, 2.24) is 0 Å². The van der Waals surface area contributed by atoms with Gasteiger partial charge in [-0.05, 0) is 6.42 Å². The van der Waals surface area contributed by atoms with Gasteiger partial charge in [0.25, 0.3) is 0 Å². The number of nitrogens with two attached hydrogens (primary N) is 3. The molecular weight excluding hydrogens is 358 g/mol. The number of carboxylic acid groups (broad SMARTS) is 2. The fourth-order valence-electron chi connectivity index (χ4n) is 1.37. The number of hydrogen-bond donors (Lipinski definition) is 5. The Hall–Kier alpha value is -2.90. The van der Waals surface area contributed by atoms with Gasteiger partial charge < -0.3 is 36.9 Å². The molecule has 0 spiro atoms. The van der Waals surface area contributed by atoms with Crippen LogP contribution in [0.4, 0.5) is 0 Å². The van der Waals surface area contributed by atoms with E-state index in [0.29, 0.717) is 0 Å². The van der Waals surface area contributed by atoms with E-state index in [1.807, 2.05) is 0 Å². The van der Waals surface area contributed by atoms with E-state index < -0.39 is 73.2 Å². The molecule has 8 N–H and O–H groups in total. The molecule has 1 unspecified atom stereocenters. The Morgan fingerprint density at radius 3 is 1.54 bits per heavy atom. The average Bonchev–Trinajstić information content (AvgIpc) is 2.51. The molecule has 0 aromatic heterocycles. The summed E-state index contributed by atoms with van der Waals surface area (Å²) in [5.41, 5.74) is 15.6. The van der Waals surface area contributed by atoms with Crippen LogP contribution in [0, 0.1) is 0 Å². The van der Waals surface area contributed by atoms with Crippen molar-refractivity contribution < 1.29 is 48.5 Å². The number of aliphatic carboxylic acids is 2. The van der Waals surface area contributed by atoms with Gasteiger partial charge in [-0.3, -0.25) is 24.0 Å². The minimum absolute atomic E-state index is 0.353. The highest BCUT2D eigenvalue weighted by atomic mass is 16.6. The molecule has 0 amide bonds. The second-order valence-corrected chi connectivity index (χ2v) is 5.08. The van der Waals surface area contributed by atoms with Crippen molar-refractivity contribution in [3.63, 3.8) is 0 Å². The molecule has 0 aliphatic carbocycles. The van der Waals surface area contributed by atoms with Gasteiger partial charge in [0, 0.05) is 6.42 Å². The normalized spacial score (nSPS) is 13.8. The lowest BCUT2D eigenvalue weighted by Crippen LogP contribution is -2.38. The fourth-order valence-corrected chi connectivity index (χ4v) is 1.37. The Balaban J connectivity index is 4.24. The first-order valence-electron chi connectivity index (χ1n) is 7.14. The third-order valence-corrected chi connectivity index (χ3v) is 2.81. The summed E-state index contributed by atoms with van der Waals surface area (Å²) in [4.78, 5) is 66.3. The van der Waals surface area contributed by atoms with E-state index in [9.17, 15) is 28.8 Å². The molecule has 0 fully saturated rings. The van der Waals surface area contributed by atoms with Gasteiger partial charge in [-0.25, -0.2) is 4.79 Å². The molecular formula is C13H19N3O10. The van der Waals surface area contributed by atoms with Gasteiger partial charge in [-0.2, -0.15) is 0 Å². The summed E-state index contributed by atoms with van der Waals surface area (Å²) in [5, 5.41) is 17.0. The van der Waals surface area contributed by atoms with Crippen LogP contribution in [0.25, 0.3) is 0 Å². The number of rotatable bonds is 10. The van der Waals surface area contributed by atoms with Crippen LogP contribution in [0.15, 0.2) is 0 Å². The molecule has 0 aromatic carbocycles. The number of carboxylic acids is 2. The van der Waals surface area contributed by atoms with Crippen LogP contribution in [-0.2, 0) is 38.2 Å². The minimum atomic E-state index is -1.55. The molecule has 13 nitrogen and oxygen atoms in total. The number of carbonyl (C=O) groups excluding carboxylic acids is 4. The maximum Gasteiger partial charge on any atom is 0.330 e. The predicted octanol–water partition coefficient (Wildman–Crippen LogP) is -3.16. The van der Waals surface area contributed by atoms with Crippen molar-refractivity contribution in [2.24, 2.45) is 17.2 Å². The maximum atomic E-state index is 11.5. The third-order valence-electron chi connectivity index (χ3n) is 2.81. The van der Waals surface area contributed by atoms with Crippen LogP contribution in [0.5, 0.6) is 0 Å². The molecule has 0 saturated heterocycles. The van der Waals surface area contributed by atoms with Crippen LogP contribution in [0.1, 0.15) is 25.7 Å². The van der Waals surface area contributed by atoms with Crippen LogP contribution in [0.2, 0.25) is 0 Å². The summed E-state index contributed by atoms with van der Waals surface area (Å²) in [7, 11) is 0. The van der Waals surface area contributed by atoms with Gasteiger partial charge in [0.1, 0.15) is 18.1 Å². The lowest BCUT2D eigenvalue weighted by atomic mass is 10.1. The molecule has 0 bridgehead atoms. The van der Waals surface area contributed by atoms with Crippen molar-refractivity contribution >= 4 is 35.8 Å². The summed E-state index contributed by atoms with van der Waals surface area (Å²) >= 11 is 0. The molecule has 0 radical (unpaired) electrons. The first-order chi connectivity index (χ1) is 11.9. The zero-order valence-corrected chi connectivity index (χ0v) is 13.5. The van der Waals surface area contributed by atoms with Gasteiger partial charge in [0.2, 0.25) is 0 Å². The van der Waals surface area contributed by atoms with Crippen LogP contribution >= 0.6 is 0 Å². The standard InChI is InChI=1S/C13H19N3O10/c14-5(13(24)26-10(19)4-7(16)12(22)23)1-2-8(17)25-9(18)3-6(15)11(20)21/h5-7H,1-4,14-16H2,(H,20,21)(H,22,23)/t5?,6-,7-/m0/s1. The second-order valence-electron chi connectivity index (χ2n) is 5.08. The Labute approximate surface area is 146 Å². The van der Waals surface area contributed by atoms with Gasteiger partial charge >= 0.3 is 35.8 Å². The first kappa shape index (κ1) is 23.1. The van der Waals surface area contributed by atoms with Crippen LogP contribution in [0.3, 0.4) is 0 Å². The molecule has 26 heavy (non-hydrogen) atoms. The summed E-state index contributed by atoms with van der Waals surface area (Å²) in [6, 6.07) is -4.51. The van der Waals surface area contributed by atoms with Crippen molar-refractivity contribution in [2.75, 3.05) is 0 Å². The number of ether oxygens (including phenoxy) is 2. The molecule has 0 aliphatic heterocycles. The highest BCUT2D eigenvalue weighted by molar-refractivity contribution is 5.91. The molecule has 0 saturated carbocycles. The quantitative estimate of drug-likeness (QED) is 0.187. The maximum absolute atomic E-state index is 11.5. The Kier molecular flexibility index (Phi) is 9.65. The van der Waals surface area contributed by atoms with E-state index in [1.54, 1.807) is 0 Å². The lowest BCUT2D eigenvalue weighted by molar-refractivity contribution is -0.162. The molecule has 0 rings (SSSR count). The minimum Gasteiger partial charge on any atom is -0.480 e. The summed E-state index contributed by atoms with van der Waals surface area (Å²) < 4.78 is 8.56. The monoisotopic (exact) mass is 377 g/mol. The summed E-state index contributed by atoms with van der Waals surface area (Å²) in [5.74, 6) is -7.60. The SMILES string of the molecule is NC(CCC(=O)OC(=O)C[C@H](N)C(=O)O)C(=O)OC(=O)C[C@H](N)C(=O)O. The number of hydrogen-bond acceptors (Lipinski definition) is 11. The van der Waals surface area contributed by atoms with Crippen LogP contribution < -0.4 is 17.2 Å². The Bertz CT molecular complexity index is 591. The van der Waals surface area contributed by atoms with Gasteiger partial charge in [-0.15, -0.1) is 0 Å². The zero-order valence-electron chi connectivity index (χ0n) is 13.5. The van der Waals surface area contributed by atoms with Gasteiger partial charge in [0.15, 0.2) is 0 Å². The van der Waals surface area contributed by atoms with Crippen molar-refractivity contribution in [2.45, 2.75) is 43.8 Å². The number of carbonyl (C=O) groups is 6. The molecule has 13 heteroatoms. The van der Waals surface area contributed by atoms with Gasteiger partial charge in [0.05, 0.1) is 12.8 Å². The van der Waals surface area contributed by atoms with Crippen molar-refractivity contribution in [3.05, 3.63) is 0 Å². The smallest absolute Gasteiger partial charge is 0.330 e. The van der Waals surface area contributed by atoms with Gasteiger partial charge in [-0.1, -0.05) is 0 Å². The fraction of sp³-hybridized carbons (Fsp3) is 0.538. The average molecular weight is 377 g/mol. The van der Waals surface area contributed by atoms with E-state index in [0.717, 1.165) is 0 Å². The lowest BCUT2D eigenvalue weighted by Gasteiger charge is -2.11. The third kappa shape index (κ3) is 9.41. The highest BCUT2D eigenvalue weighted by Gasteiger charge is 2.24. The first-order valence-corrected chi connectivity index (χ1v) is 7.14. The topological polar surface area (TPSA) is 239 Å². The highest BCUT2D eigenvalue weighted by Crippen LogP contribution is 2.03. The van der Waals surface area contributed by atoms with Crippen molar-refractivity contribution in [1.29, 1.82) is 0 Å². The molecule has 3 atom stereocenters. The van der Waals surface area contributed by atoms with E-state index in [4.69, 9.17) is 27.4 Å². The molecule has 146 valence electrons. The Morgan fingerprint density at radius 1 is 0.692 bits per heavy atom. The van der Waals surface area contributed by atoms with E-state index >= 15 is 0 Å². The summed E-state index contributed by atoms with van der Waals surface area (Å²) in [6.45, 7) is 0.